The van der Waals surface area contributed by atoms with Gasteiger partial charge in [0.25, 0.3) is 0 Å². The largest absolute Gasteiger partial charge is 0.472 e. The van der Waals surface area contributed by atoms with Crippen molar-refractivity contribution in [3.05, 3.63) is 40.6 Å². The van der Waals surface area contributed by atoms with Crippen LogP contribution in [0, 0.1) is 0 Å². The van der Waals surface area contributed by atoms with Gasteiger partial charge in [-0.05, 0) is 12.1 Å². The Bertz CT molecular complexity index is 697. The van der Waals surface area contributed by atoms with Gasteiger partial charge in [-0.1, -0.05) is 12.1 Å². The topological polar surface area (TPSA) is 58.3 Å². The molecule has 2 aliphatic rings. The highest BCUT2D eigenvalue weighted by molar-refractivity contribution is 5.50. The van der Waals surface area contributed by atoms with Crippen molar-refractivity contribution < 1.29 is 9.47 Å². The van der Waals surface area contributed by atoms with Gasteiger partial charge in [-0.3, -0.25) is 0 Å². The number of para-hydroxylation sites is 2. The minimum Gasteiger partial charge on any atom is -0.472 e. The minimum atomic E-state index is -0.602. The van der Waals surface area contributed by atoms with Crippen LogP contribution in [0.5, 0.6) is 5.75 Å². The number of rotatable bonds is 0. The van der Waals surface area contributed by atoms with Crippen molar-refractivity contribution in [1.29, 1.82) is 0 Å². The first-order valence-corrected chi connectivity index (χ1v) is 5.74. The molecule has 6 nitrogen and oxygen atoms in total. The summed E-state index contributed by atoms with van der Waals surface area (Å²) in [6.45, 7) is 0.857. The fraction of sp³-hybridized carbons (Fsp3) is 0.333. The van der Waals surface area contributed by atoms with Gasteiger partial charge in [0.15, 0.2) is 5.82 Å². The zero-order valence-electron chi connectivity index (χ0n) is 9.79. The van der Waals surface area contributed by atoms with Crippen LogP contribution in [0.15, 0.2) is 29.1 Å². The first-order chi connectivity index (χ1) is 8.71. The maximum absolute atomic E-state index is 12.2. The number of ether oxygens (including phenoxy) is 2. The predicted molar refractivity (Wildman–Crippen MR) is 61.9 cm³/mol. The average Bonchev–Trinajstić information content (AvgIpc) is 2.63. The van der Waals surface area contributed by atoms with Crippen molar-refractivity contribution in [2.24, 2.45) is 7.05 Å². The molecule has 92 valence electrons. The molecule has 0 N–H and O–H groups in total. The van der Waals surface area contributed by atoms with Gasteiger partial charge in [0.2, 0.25) is 5.60 Å². The van der Waals surface area contributed by atoms with Crippen molar-refractivity contribution in [2.75, 3.05) is 13.2 Å². The lowest BCUT2D eigenvalue weighted by molar-refractivity contribution is -0.176. The minimum absolute atomic E-state index is 0.160. The van der Waals surface area contributed by atoms with Gasteiger partial charge in [-0.25, -0.2) is 14.0 Å². The molecule has 1 fully saturated rings. The van der Waals surface area contributed by atoms with Gasteiger partial charge >= 0.3 is 5.69 Å². The Kier molecular flexibility index (Phi) is 1.66. The van der Waals surface area contributed by atoms with Crippen molar-refractivity contribution in [3.63, 3.8) is 0 Å². The van der Waals surface area contributed by atoms with Crippen LogP contribution in [0.1, 0.15) is 5.82 Å². The van der Waals surface area contributed by atoms with Crippen molar-refractivity contribution in [1.82, 2.24) is 14.3 Å². The zero-order valence-corrected chi connectivity index (χ0v) is 9.79. The second-order valence-electron chi connectivity index (χ2n) is 4.62. The monoisotopic (exact) mass is 245 g/mol. The zero-order chi connectivity index (χ0) is 12.3. The Labute approximate surface area is 102 Å². The molecule has 1 aromatic heterocycles. The second kappa shape index (κ2) is 3.02. The Morgan fingerprint density at radius 2 is 2.11 bits per heavy atom. The smallest absolute Gasteiger partial charge is 0.350 e. The average molecular weight is 245 g/mol. The van der Waals surface area contributed by atoms with Gasteiger partial charge in [0, 0.05) is 7.05 Å². The molecule has 0 amide bonds. The fourth-order valence-electron chi connectivity index (χ4n) is 2.44. The fourth-order valence-corrected chi connectivity index (χ4v) is 2.44. The van der Waals surface area contributed by atoms with E-state index in [1.807, 2.05) is 24.3 Å². The van der Waals surface area contributed by atoms with Crippen LogP contribution < -0.4 is 10.4 Å². The summed E-state index contributed by atoms with van der Waals surface area (Å²) in [5, 5.41) is 4.29. The number of nitrogens with zero attached hydrogens (tertiary/aromatic N) is 3. The summed E-state index contributed by atoms with van der Waals surface area (Å²) in [4.78, 5) is 12.2. The van der Waals surface area contributed by atoms with Gasteiger partial charge < -0.3 is 9.47 Å². The number of benzene rings is 1. The van der Waals surface area contributed by atoms with Crippen LogP contribution in [0.3, 0.4) is 0 Å². The number of fused-ring (bicyclic) bond motifs is 4. The van der Waals surface area contributed by atoms with E-state index >= 15 is 0 Å². The van der Waals surface area contributed by atoms with Crippen LogP contribution in [0.25, 0.3) is 5.69 Å². The Hall–Kier alpha value is -2.08. The summed E-state index contributed by atoms with van der Waals surface area (Å²) in [7, 11) is 1.64. The van der Waals surface area contributed by atoms with E-state index in [0.29, 0.717) is 24.8 Å². The molecule has 1 aromatic carbocycles. The lowest BCUT2D eigenvalue weighted by atomic mass is 9.99. The summed E-state index contributed by atoms with van der Waals surface area (Å²) in [6.07, 6.45) is 0. The number of aryl methyl sites for hydroxylation is 1. The quantitative estimate of drug-likeness (QED) is 0.664. The molecule has 2 aromatic rings. The molecule has 3 heterocycles. The van der Waals surface area contributed by atoms with E-state index in [0.717, 1.165) is 5.69 Å². The summed E-state index contributed by atoms with van der Waals surface area (Å²) in [5.41, 5.74) is -0.0236. The summed E-state index contributed by atoms with van der Waals surface area (Å²) in [5.74, 6) is 1.32. The number of hydrogen-bond acceptors (Lipinski definition) is 4. The molecule has 0 bridgehead atoms. The third-order valence-electron chi connectivity index (χ3n) is 3.41. The second-order valence-corrected chi connectivity index (χ2v) is 4.62. The highest BCUT2D eigenvalue weighted by Gasteiger charge is 2.51. The summed E-state index contributed by atoms with van der Waals surface area (Å²) >= 11 is 0. The molecule has 0 saturated carbocycles. The van der Waals surface area contributed by atoms with E-state index in [9.17, 15) is 4.79 Å². The molecule has 0 atom stereocenters. The van der Waals surface area contributed by atoms with Crippen LogP contribution in [-0.2, 0) is 17.4 Å². The lowest BCUT2D eigenvalue weighted by Gasteiger charge is -2.42. The molecule has 0 radical (unpaired) electrons. The van der Waals surface area contributed by atoms with Crippen molar-refractivity contribution in [2.45, 2.75) is 5.60 Å². The van der Waals surface area contributed by atoms with Gasteiger partial charge in [0.1, 0.15) is 5.75 Å². The van der Waals surface area contributed by atoms with Crippen LogP contribution in [-0.4, -0.2) is 27.6 Å². The maximum Gasteiger partial charge on any atom is 0.350 e. The molecule has 1 saturated heterocycles. The standard InChI is InChI=1S/C12H11N3O3/c1-14-11(16)15-8-4-2-3-5-9(8)18-12(6-17-7-12)10(15)13-14/h2-5H,6-7H2,1H3. The number of hydrogen-bond donors (Lipinski definition) is 0. The van der Waals surface area contributed by atoms with E-state index < -0.39 is 5.60 Å². The molecule has 0 aliphatic carbocycles. The Morgan fingerprint density at radius 1 is 1.33 bits per heavy atom. The summed E-state index contributed by atoms with van der Waals surface area (Å²) in [6, 6.07) is 7.48. The van der Waals surface area contributed by atoms with Crippen LogP contribution >= 0.6 is 0 Å². The normalized spacial score (nSPS) is 18.7. The molecule has 0 unspecified atom stereocenters. The third kappa shape index (κ3) is 1.01. The van der Waals surface area contributed by atoms with Gasteiger partial charge in [-0.2, -0.15) is 5.10 Å². The highest BCUT2D eigenvalue weighted by atomic mass is 16.6. The third-order valence-corrected chi connectivity index (χ3v) is 3.41. The Morgan fingerprint density at radius 3 is 2.83 bits per heavy atom. The van der Waals surface area contributed by atoms with Gasteiger partial charge in [-0.15, -0.1) is 0 Å². The van der Waals surface area contributed by atoms with E-state index in [2.05, 4.69) is 5.10 Å². The van der Waals surface area contributed by atoms with Crippen molar-refractivity contribution in [3.8, 4) is 11.4 Å². The first kappa shape index (κ1) is 9.90. The van der Waals surface area contributed by atoms with E-state index in [1.54, 1.807) is 11.6 Å². The predicted octanol–water partition coefficient (Wildman–Crippen LogP) is 0.189. The molecule has 6 heteroatoms. The maximum atomic E-state index is 12.2. The lowest BCUT2D eigenvalue weighted by Crippen LogP contribution is -2.55. The SMILES string of the molecule is Cn1nc2n(c1=O)-c1ccccc1OC21COC1. The van der Waals surface area contributed by atoms with Crippen molar-refractivity contribution >= 4 is 0 Å². The number of aromatic nitrogens is 3. The van der Waals surface area contributed by atoms with E-state index in [1.165, 1.54) is 4.68 Å². The molecule has 18 heavy (non-hydrogen) atoms. The molecule has 4 rings (SSSR count). The first-order valence-electron chi connectivity index (χ1n) is 5.74. The van der Waals surface area contributed by atoms with Gasteiger partial charge in [0.05, 0.1) is 18.9 Å². The molecular weight excluding hydrogens is 234 g/mol. The van der Waals surface area contributed by atoms with Crippen LogP contribution in [0.4, 0.5) is 0 Å². The molecular formula is C12H11N3O3. The Balaban J connectivity index is 2.08. The van der Waals surface area contributed by atoms with Crippen LogP contribution in [0.2, 0.25) is 0 Å². The molecule has 2 aliphatic heterocycles. The van der Waals surface area contributed by atoms with E-state index in [4.69, 9.17) is 9.47 Å². The molecule has 1 spiro atoms. The van der Waals surface area contributed by atoms with E-state index in [-0.39, 0.29) is 5.69 Å². The highest BCUT2D eigenvalue weighted by Crippen LogP contribution is 2.41. The summed E-state index contributed by atoms with van der Waals surface area (Å²) < 4.78 is 14.2.